The van der Waals surface area contributed by atoms with Crippen LogP contribution in [0.5, 0.6) is 0 Å². The monoisotopic (exact) mass is 194 g/mol. The minimum atomic E-state index is -3.53. The molecular weight excluding hydrogens is 183 g/mol. The molecule has 58 valence electrons. The quantitative estimate of drug-likeness (QED) is 0.350. The van der Waals surface area contributed by atoms with Gasteiger partial charge in [0.05, 0.1) is 6.61 Å². The SMILES string of the molecule is COCCNS(N)(=O)=O.[H-].[K+]. The minimum Gasteiger partial charge on any atom is -1.00 e. The van der Waals surface area contributed by atoms with Crippen LogP contribution in [0, 0.1) is 0 Å². The smallest absolute Gasteiger partial charge is 1.00 e. The van der Waals surface area contributed by atoms with Crippen LogP contribution < -0.4 is 61.2 Å². The van der Waals surface area contributed by atoms with Gasteiger partial charge >= 0.3 is 51.4 Å². The molecule has 0 aromatic carbocycles. The molecule has 0 spiro atoms. The summed E-state index contributed by atoms with van der Waals surface area (Å²) in [5.41, 5.74) is 0. The van der Waals surface area contributed by atoms with Gasteiger partial charge in [-0.25, -0.2) is 9.86 Å². The van der Waals surface area contributed by atoms with Crippen LogP contribution in [0.15, 0.2) is 0 Å². The molecular formula is C3H11KN2O3S. The summed E-state index contributed by atoms with van der Waals surface area (Å²) >= 11 is 0. The molecule has 7 heteroatoms. The first-order chi connectivity index (χ1) is 4.06. The minimum absolute atomic E-state index is 0. The Morgan fingerprint density at radius 1 is 1.70 bits per heavy atom. The van der Waals surface area contributed by atoms with E-state index in [2.05, 4.69) is 9.88 Å². The zero-order valence-electron chi connectivity index (χ0n) is 7.12. The van der Waals surface area contributed by atoms with Crippen LogP contribution in [0.2, 0.25) is 0 Å². The van der Waals surface area contributed by atoms with Gasteiger partial charge in [-0.15, -0.1) is 0 Å². The van der Waals surface area contributed by atoms with E-state index in [1.165, 1.54) is 7.11 Å². The maximum absolute atomic E-state index is 10.1. The van der Waals surface area contributed by atoms with Crippen molar-refractivity contribution in [1.29, 1.82) is 0 Å². The fourth-order valence-electron chi connectivity index (χ4n) is 0.286. The molecule has 3 N–H and O–H groups in total. The third-order valence-electron chi connectivity index (χ3n) is 0.609. The first-order valence-corrected chi connectivity index (χ1v) is 3.87. The van der Waals surface area contributed by atoms with Crippen molar-refractivity contribution in [1.82, 2.24) is 4.72 Å². The van der Waals surface area contributed by atoms with E-state index in [9.17, 15) is 8.42 Å². The zero-order valence-corrected chi connectivity index (χ0v) is 10.1. The van der Waals surface area contributed by atoms with Crippen molar-refractivity contribution in [3.05, 3.63) is 0 Å². The second-order valence-corrected chi connectivity index (χ2v) is 2.81. The first kappa shape index (κ1) is 14.0. The summed E-state index contributed by atoms with van der Waals surface area (Å²) in [5, 5.41) is 4.58. The van der Waals surface area contributed by atoms with Gasteiger partial charge in [-0.3, -0.25) is 0 Å². The number of nitrogens with one attached hydrogen (secondary N) is 1. The molecule has 0 heterocycles. The Kier molecular flexibility index (Phi) is 10.00. The summed E-state index contributed by atoms with van der Waals surface area (Å²) < 4.78 is 26.8. The van der Waals surface area contributed by atoms with Crippen LogP contribution in [-0.2, 0) is 14.9 Å². The Bertz CT molecular complexity index is 162. The van der Waals surface area contributed by atoms with Crippen LogP contribution in [0.1, 0.15) is 1.43 Å². The van der Waals surface area contributed by atoms with E-state index in [0.29, 0.717) is 6.61 Å². The van der Waals surface area contributed by atoms with E-state index in [4.69, 9.17) is 0 Å². The van der Waals surface area contributed by atoms with E-state index >= 15 is 0 Å². The Balaban J connectivity index is -0.000000320. The number of hydrogen-bond acceptors (Lipinski definition) is 3. The van der Waals surface area contributed by atoms with Crippen LogP contribution in [0.4, 0.5) is 0 Å². The maximum atomic E-state index is 10.1. The molecule has 10 heavy (non-hydrogen) atoms. The molecule has 0 saturated heterocycles. The standard InChI is InChI=1S/C3H10N2O3S.K.H/c1-8-3-2-5-9(4,6)7;;/h5H,2-3H2,1H3,(H2,4,6,7);;/q;+1;-1. The summed E-state index contributed by atoms with van der Waals surface area (Å²) in [4.78, 5) is 0. The number of hydrogen-bond donors (Lipinski definition) is 2. The molecule has 0 saturated carbocycles. The fourth-order valence-corrected chi connectivity index (χ4v) is 0.654. The second kappa shape index (κ2) is 7.13. The molecule has 0 fully saturated rings. The van der Waals surface area contributed by atoms with Gasteiger partial charge in [0, 0.05) is 13.7 Å². The molecule has 0 aliphatic carbocycles. The van der Waals surface area contributed by atoms with Gasteiger partial charge in [0.15, 0.2) is 0 Å². The maximum Gasteiger partial charge on any atom is 1.00 e. The molecule has 0 aromatic heterocycles. The van der Waals surface area contributed by atoms with Crippen molar-refractivity contribution in [2.45, 2.75) is 0 Å². The molecule has 0 rings (SSSR count). The van der Waals surface area contributed by atoms with Crippen molar-refractivity contribution in [2.75, 3.05) is 20.3 Å². The molecule has 0 radical (unpaired) electrons. The van der Waals surface area contributed by atoms with Crippen molar-refractivity contribution >= 4 is 10.2 Å². The molecule has 0 atom stereocenters. The van der Waals surface area contributed by atoms with E-state index in [-0.39, 0.29) is 59.4 Å². The van der Waals surface area contributed by atoms with Crippen LogP contribution in [0.3, 0.4) is 0 Å². The molecule has 5 nitrogen and oxygen atoms in total. The van der Waals surface area contributed by atoms with Crippen molar-refractivity contribution in [3.63, 3.8) is 0 Å². The summed E-state index contributed by atoms with van der Waals surface area (Å²) in [6.45, 7) is 0.547. The Labute approximate surface area is 105 Å². The van der Waals surface area contributed by atoms with Gasteiger partial charge in [0.1, 0.15) is 0 Å². The molecule has 0 amide bonds. The van der Waals surface area contributed by atoms with Crippen molar-refractivity contribution in [2.24, 2.45) is 5.14 Å². The van der Waals surface area contributed by atoms with E-state index in [0.717, 1.165) is 0 Å². The van der Waals surface area contributed by atoms with Crippen LogP contribution in [-0.4, -0.2) is 28.7 Å². The molecule has 0 aliphatic heterocycles. The number of rotatable bonds is 4. The summed E-state index contributed by atoms with van der Waals surface area (Å²) in [5.74, 6) is 0. The number of nitrogens with two attached hydrogens (primary N) is 1. The fraction of sp³-hybridized carbons (Fsp3) is 1.00. The Morgan fingerprint density at radius 2 is 2.20 bits per heavy atom. The molecule has 0 aliphatic rings. The van der Waals surface area contributed by atoms with Gasteiger partial charge in [-0.1, -0.05) is 0 Å². The van der Waals surface area contributed by atoms with E-state index < -0.39 is 10.2 Å². The molecule has 0 bridgehead atoms. The van der Waals surface area contributed by atoms with Gasteiger partial charge in [0.25, 0.3) is 10.2 Å². The average molecular weight is 194 g/mol. The Morgan fingerprint density at radius 3 is 2.50 bits per heavy atom. The molecule has 0 aromatic rings. The van der Waals surface area contributed by atoms with E-state index in [1.54, 1.807) is 0 Å². The van der Waals surface area contributed by atoms with Crippen molar-refractivity contribution < 1.29 is 66.0 Å². The van der Waals surface area contributed by atoms with Crippen LogP contribution >= 0.6 is 0 Å². The third-order valence-corrected chi connectivity index (χ3v) is 1.22. The van der Waals surface area contributed by atoms with Gasteiger partial charge in [0.2, 0.25) is 0 Å². The van der Waals surface area contributed by atoms with Crippen LogP contribution in [0.25, 0.3) is 0 Å². The summed E-state index contributed by atoms with van der Waals surface area (Å²) in [6.07, 6.45) is 0. The molecule has 0 unspecified atom stereocenters. The predicted octanol–water partition coefficient (Wildman–Crippen LogP) is -4.46. The summed E-state index contributed by atoms with van der Waals surface area (Å²) in [7, 11) is -2.05. The summed E-state index contributed by atoms with van der Waals surface area (Å²) in [6, 6.07) is 0. The van der Waals surface area contributed by atoms with E-state index in [1.807, 2.05) is 4.72 Å². The second-order valence-electron chi connectivity index (χ2n) is 1.43. The Hall–Kier alpha value is 1.47. The topological polar surface area (TPSA) is 81.4 Å². The number of ether oxygens (including phenoxy) is 1. The van der Waals surface area contributed by atoms with Gasteiger partial charge < -0.3 is 6.16 Å². The zero-order chi connectivity index (χ0) is 7.33. The van der Waals surface area contributed by atoms with Gasteiger partial charge in [-0.2, -0.15) is 8.42 Å². The van der Waals surface area contributed by atoms with Gasteiger partial charge in [-0.05, 0) is 0 Å². The van der Waals surface area contributed by atoms with Crippen molar-refractivity contribution in [3.8, 4) is 0 Å². The third kappa shape index (κ3) is 12.2. The first-order valence-electron chi connectivity index (χ1n) is 2.32. The average Bonchev–Trinajstić information content (AvgIpc) is 1.63. The largest absolute Gasteiger partial charge is 1.00 e. The predicted molar refractivity (Wildman–Crippen MR) is 34.1 cm³/mol. The normalized spacial score (nSPS) is 10.6. The number of methoxy groups -OCH3 is 1.